The van der Waals surface area contributed by atoms with Crippen molar-refractivity contribution in [3.63, 3.8) is 0 Å². The molecule has 6 heteroatoms. The lowest BCUT2D eigenvalue weighted by Gasteiger charge is -2.04. The first-order chi connectivity index (χ1) is 10.5. The number of carbonyl (C=O) groups excluding carboxylic acids is 1. The van der Waals surface area contributed by atoms with E-state index in [4.69, 9.17) is 16.9 Å². The lowest BCUT2D eigenvalue weighted by atomic mass is 10.1. The first-order valence-corrected chi connectivity index (χ1v) is 6.54. The molecule has 0 unspecified atom stereocenters. The molecule has 2 aromatic rings. The molecule has 1 amide bonds. The van der Waals surface area contributed by atoms with Crippen LogP contribution in [-0.4, -0.2) is 11.0 Å². The Morgan fingerprint density at radius 1 is 1.27 bits per heavy atom. The molecule has 2 aromatic carbocycles. The van der Waals surface area contributed by atoms with Crippen LogP contribution in [0.5, 0.6) is 5.75 Å². The van der Waals surface area contributed by atoms with Crippen LogP contribution in [0.3, 0.4) is 0 Å². The van der Waals surface area contributed by atoms with Gasteiger partial charge in [-0.05, 0) is 48.0 Å². The number of halogens is 2. The third-order valence-electron chi connectivity index (χ3n) is 2.75. The van der Waals surface area contributed by atoms with Crippen LogP contribution in [0.25, 0.3) is 6.08 Å². The van der Waals surface area contributed by atoms with Crippen LogP contribution >= 0.6 is 11.6 Å². The summed E-state index contributed by atoms with van der Waals surface area (Å²) in [5, 5.41) is 21.0. The maximum absolute atomic E-state index is 12.8. The summed E-state index contributed by atoms with van der Waals surface area (Å²) in [4.78, 5) is 12.0. The Hall–Kier alpha value is -2.84. The number of anilines is 1. The van der Waals surface area contributed by atoms with Crippen LogP contribution in [0, 0.1) is 17.1 Å². The van der Waals surface area contributed by atoms with Crippen LogP contribution in [0.4, 0.5) is 10.1 Å². The summed E-state index contributed by atoms with van der Waals surface area (Å²) in [5.41, 5.74) is 0.718. The van der Waals surface area contributed by atoms with E-state index >= 15 is 0 Å². The largest absolute Gasteiger partial charge is 0.506 e. The van der Waals surface area contributed by atoms with Gasteiger partial charge in [-0.2, -0.15) is 5.26 Å². The molecule has 2 N–H and O–H groups in total. The van der Waals surface area contributed by atoms with E-state index in [1.807, 2.05) is 0 Å². The van der Waals surface area contributed by atoms with Crippen molar-refractivity contribution >= 4 is 29.3 Å². The van der Waals surface area contributed by atoms with E-state index in [0.29, 0.717) is 11.3 Å². The number of nitriles is 1. The minimum Gasteiger partial charge on any atom is -0.506 e. The molecule has 0 aliphatic carbocycles. The van der Waals surface area contributed by atoms with Crippen molar-refractivity contribution in [1.29, 1.82) is 5.26 Å². The molecule has 110 valence electrons. The summed E-state index contributed by atoms with van der Waals surface area (Å²) in [6.45, 7) is 0. The highest BCUT2D eigenvalue weighted by molar-refractivity contribution is 6.32. The van der Waals surface area contributed by atoms with Crippen LogP contribution in [0.2, 0.25) is 5.02 Å². The highest BCUT2D eigenvalue weighted by Gasteiger charge is 2.10. The second-order valence-corrected chi connectivity index (χ2v) is 4.75. The number of amides is 1. The highest BCUT2D eigenvalue weighted by atomic mass is 35.5. The molecule has 0 saturated carbocycles. The Kier molecular flexibility index (Phi) is 4.77. The third-order valence-corrected chi connectivity index (χ3v) is 3.05. The quantitative estimate of drug-likeness (QED) is 0.669. The third kappa shape index (κ3) is 3.84. The SMILES string of the molecule is N#CC(=Cc1ccc(O)c(Cl)c1)C(=O)Nc1ccc(F)cc1. The molecule has 0 spiro atoms. The van der Waals surface area contributed by atoms with E-state index in [9.17, 15) is 14.3 Å². The molecular formula is C16H10ClFN2O2. The number of phenols is 1. The van der Waals surface area contributed by atoms with Crippen LogP contribution in [-0.2, 0) is 4.79 Å². The molecule has 4 nitrogen and oxygen atoms in total. The first kappa shape index (κ1) is 15.5. The topological polar surface area (TPSA) is 73.1 Å². The van der Waals surface area contributed by atoms with E-state index in [1.165, 1.54) is 48.5 Å². The fraction of sp³-hybridized carbons (Fsp3) is 0. The predicted molar refractivity (Wildman–Crippen MR) is 81.7 cm³/mol. The van der Waals surface area contributed by atoms with Crippen molar-refractivity contribution in [1.82, 2.24) is 0 Å². The van der Waals surface area contributed by atoms with Crippen molar-refractivity contribution in [2.75, 3.05) is 5.32 Å². The molecule has 0 aromatic heterocycles. The van der Waals surface area contributed by atoms with E-state index in [-0.39, 0.29) is 16.3 Å². The number of rotatable bonds is 3. The van der Waals surface area contributed by atoms with Gasteiger partial charge in [0, 0.05) is 5.69 Å². The van der Waals surface area contributed by atoms with Gasteiger partial charge in [0.25, 0.3) is 5.91 Å². The molecule has 0 fully saturated rings. The zero-order valence-electron chi connectivity index (χ0n) is 11.2. The number of hydrogen-bond donors (Lipinski definition) is 2. The highest BCUT2D eigenvalue weighted by Crippen LogP contribution is 2.24. The number of phenolic OH excluding ortho intramolecular Hbond substituents is 1. The lowest BCUT2D eigenvalue weighted by Crippen LogP contribution is -2.13. The van der Waals surface area contributed by atoms with Gasteiger partial charge < -0.3 is 10.4 Å². The maximum atomic E-state index is 12.8. The average Bonchev–Trinajstić information content (AvgIpc) is 2.50. The molecular weight excluding hydrogens is 307 g/mol. The Balaban J connectivity index is 2.21. The van der Waals surface area contributed by atoms with Gasteiger partial charge in [-0.25, -0.2) is 4.39 Å². The standard InChI is InChI=1S/C16H10ClFN2O2/c17-14-8-10(1-6-15(14)21)7-11(9-19)16(22)20-13-4-2-12(18)3-5-13/h1-8,21H,(H,20,22). The molecule has 0 aliphatic heterocycles. The molecule has 0 heterocycles. The molecule has 22 heavy (non-hydrogen) atoms. The molecule has 0 aliphatic rings. The van der Waals surface area contributed by atoms with Crippen molar-refractivity contribution < 1.29 is 14.3 Å². The van der Waals surface area contributed by atoms with Gasteiger partial charge in [0.1, 0.15) is 23.2 Å². The fourth-order valence-electron chi connectivity index (χ4n) is 1.66. The molecule has 0 bridgehead atoms. The van der Waals surface area contributed by atoms with Crippen molar-refractivity contribution in [2.24, 2.45) is 0 Å². The number of benzene rings is 2. The normalized spacial score (nSPS) is 10.9. The van der Waals surface area contributed by atoms with Gasteiger partial charge in [0.05, 0.1) is 5.02 Å². The lowest BCUT2D eigenvalue weighted by molar-refractivity contribution is -0.112. The summed E-state index contributed by atoms with van der Waals surface area (Å²) in [7, 11) is 0. The Labute approximate surface area is 131 Å². The van der Waals surface area contributed by atoms with Gasteiger partial charge in [-0.1, -0.05) is 17.7 Å². The van der Waals surface area contributed by atoms with Crippen molar-refractivity contribution in [3.05, 3.63) is 64.4 Å². The number of hydrogen-bond acceptors (Lipinski definition) is 3. The number of nitrogens with zero attached hydrogens (tertiary/aromatic N) is 1. The minimum atomic E-state index is -0.627. The average molecular weight is 317 g/mol. The van der Waals surface area contributed by atoms with Gasteiger partial charge in [-0.15, -0.1) is 0 Å². The maximum Gasteiger partial charge on any atom is 0.266 e. The summed E-state index contributed by atoms with van der Waals surface area (Å²) in [6, 6.07) is 11.3. The van der Waals surface area contributed by atoms with E-state index in [0.717, 1.165) is 0 Å². The number of carbonyl (C=O) groups is 1. The van der Waals surface area contributed by atoms with Crippen molar-refractivity contribution in [3.8, 4) is 11.8 Å². The minimum absolute atomic E-state index is 0.0897. The van der Waals surface area contributed by atoms with Crippen LogP contribution in [0.1, 0.15) is 5.56 Å². The molecule has 0 radical (unpaired) electrons. The molecule has 0 atom stereocenters. The number of aromatic hydroxyl groups is 1. The van der Waals surface area contributed by atoms with E-state index < -0.39 is 11.7 Å². The van der Waals surface area contributed by atoms with E-state index in [1.54, 1.807) is 6.07 Å². The Morgan fingerprint density at radius 3 is 2.55 bits per heavy atom. The van der Waals surface area contributed by atoms with Gasteiger partial charge >= 0.3 is 0 Å². The van der Waals surface area contributed by atoms with E-state index in [2.05, 4.69) is 5.32 Å². The van der Waals surface area contributed by atoms with Gasteiger partial charge in [-0.3, -0.25) is 4.79 Å². The predicted octanol–water partition coefficient (Wildman–Crippen LogP) is 3.73. The summed E-state index contributed by atoms with van der Waals surface area (Å²) >= 11 is 5.77. The second kappa shape index (κ2) is 6.74. The monoisotopic (exact) mass is 316 g/mol. The summed E-state index contributed by atoms with van der Waals surface area (Å²) in [5.74, 6) is -1.14. The Bertz CT molecular complexity index is 780. The zero-order chi connectivity index (χ0) is 16.1. The summed E-state index contributed by atoms with van der Waals surface area (Å²) in [6.07, 6.45) is 1.34. The fourth-order valence-corrected chi connectivity index (χ4v) is 1.85. The second-order valence-electron chi connectivity index (χ2n) is 4.34. The smallest absolute Gasteiger partial charge is 0.266 e. The van der Waals surface area contributed by atoms with Gasteiger partial charge in [0.2, 0.25) is 0 Å². The summed E-state index contributed by atoms with van der Waals surface area (Å²) < 4.78 is 12.8. The number of nitrogens with one attached hydrogen (secondary N) is 1. The molecule has 2 rings (SSSR count). The van der Waals surface area contributed by atoms with Crippen molar-refractivity contribution in [2.45, 2.75) is 0 Å². The Morgan fingerprint density at radius 2 is 1.95 bits per heavy atom. The van der Waals surface area contributed by atoms with Gasteiger partial charge in [0.15, 0.2) is 0 Å². The van der Waals surface area contributed by atoms with Crippen LogP contribution in [0.15, 0.2) is 48.0 Å². The van der Waals surface area contributed by atoms with Crippen LogP contribution < -0.4 is 5.32 Å². The molecule has 0 saturated heterocycles. The zero-order valence-corrected chi connectivity index (χ0v) is 11.9. The first-order valence-electron chi connectivity index (χ1n) is 6.17.